The lowest BCUT2D eigenvalue weighted by Gasteiger charge is -2.33. The van der Waals surface area contributed by atoms with Crippen molar-refractivity contribution in [3.05, 3.63) is 34.3 Å². The molecule has 3 heterocycles. The average molecular weight is 503 g/mol. The molecule has 196 valence electrons. The Balaban J connectivity index is 1.33. The van der Waals surface area contributed by atoms with Crippen LogP contribution in [-0.2, 0) is 25.5 Å². The Morgan fingerprint density at radius 1 is 1.25 bits per heavy atom. The molecule has 2 aliphatic heterocycles. The highest BCUT2D eigenvalue weighted by Crippen LogP contribution is 2.26. The maximum Gasteiger partial charge on any atom is 0.420 e. The van der Waals surface area contributed by atoms with Gasteiger partial charge in [-0.3, -0.25) is 24.4 Å². The van der Waals surface area contributed by atoms with Crippen molar-refractivity contribution >= 4 is 29.0 Å². The minimum atomic E-state index is -0.758. The number of hydrogen-bond acceptors (Lipinski definition) is 8. The summed E-state index contributed by atoms with van der Waals surface area (Å²) in [7, 11) is 0. The summed E-state index contributed by atoms with van der Waals surface area (Å²) in [6, 6.07) is 4.78. The van der Waals surface area contributed by atoms with Gasteiger partial charge in [0.1, 0.15) is 11.6 Å². The number of aromatic nitrogens is 1. The number of nitrogens with zero attached hydrogens (tertiary/aromatic N) is 2. The monoisotopic (exact) mass is 502 g/mol. The first kappa shape index (κ1) is 25.9. The first-order chi connectivity index (χ1) is 17.1. The van der Waals surface area contributed by atoms with Crippen LogP contribution >= 0.6 is 0 Å². The van der Waals surface area contributed by atoms with Crippen LogP contribution < -0.4 is 16.4 Å². The maximum atomic E-state index is 12.6. The number of para-hydroxylation sites is 1. The van der Waals surface area contributed by atoms with Crippen molar-refractivity contribution in [3.63, 3.8) is 0 Å². The molecular formula is C25H34N4O7. The number of rotatable bonds is 7. The topological polar surface area (TPSA) is 132 Å². The fourth-order valence-corrected chi connectivity index (χ4v) is 4.65. The molecule has 2 aliphatic rings. The Labute approximate surface area is 209 Å². The lowest BCUT2D eigenvalue weighted by Crippen LogP contribution is -2.48. The molecule has 0 bridgehead atoms. The van der Waals surface area contributed by atoms with Gasteiger partial charge in [0.2, 0.25) is 11.8 Å². The summed E-state index contributed by atoms with van der Waals surface area (Å²) in [5, 5.41) is 5.07. The maximum absolute atomic E-state index is 12.6. The highest BCUT2D eigenvalue weighted by molar-refractivity contribution is 6.00. The van der Waals surface area contributed by atoms with Crippen molar-refractivity contribution in [2.24, 2.45) is 0 Å². The van der Waals surface area contributed by atoms with Crippen LogP contribution in [0.4, 0.5) is 4.79 Å². The second kappa shape index (κ2) is 10.8. The van der Waals surface area contributed by atoms with E-state index in [1.807, 2.05) is 32.9 Å². The molecule has 1 unspecified atom stereocenters. The molecule has 36 heavy (non-hydrogen) atoms. The molecule has 0 spiro atoms. The van der Waals surface area contributed by atoms with E-state index in [0.717, 1.165) is 25.1 Å². The van der Waals surface area contributed by atoms with E-state index in [-0.39, 0.29) is 24.9 Å². The van der Waals surface area contributed by atoms with Crippen molar-refractivity contribution in [1.29, 1.82) is 0 Å². The SMILES string of the molecule is CC(C)(C)OC(=O)NC[C@H]1CN(CCCc2cccc3c2oc(=O)n3C2CCC(=O)NC2=O)CCO1. The lowest BCUT2D eigenvalue weighted by molar-refractivity contribution is -0.135. The van der Waals surface area contributed by atoms with Gasteiger partial charge >= 0.3 is 11.8 Å². The van der Waals surface area contributed by atoms with Crippen LogP contribution in [0.25, 0.3) is 11.1 Å². The molecule has 0 aliphatic carbocycles. The van der Waals surface area contributed by atoms with Crippen LogP contribution in [0, 0.1) is 0 Å². The number of ether oxygens (including phenoxy) is 2. The molecule has 1 aromatic carbocycles. The van der Waals surface area contributed by atoms with Gasteiger partial charge in [-0.25, -0.2) is 9.59 Å². The number of benzene rings is 1. The minimum absolute atomic E-state index is 0.115. The van der Waals surface area contributed by atoms with Crippen LogP contribution in [0.2, 0.25) is 0 Å². The predicted octanol–water partition coefficient (Wildman–Crippen LogP) is 1.73. The van der Waals surface area contributed by atoms with Crippen LogP contribution in [-0.4, -0.2) is 71.9 Å². The first-order valence-electron chi connectivity index (χ1n) is 12.4. The van der Waals surface area contributed by atoms with Gasteiger partial charge < -0.3 is 19.2 Å². The minimum Gasteiger partial charge on any atom is -0.444 e. The van der Waals surface area contributed by atoms with Gasteiger partial charge in [-0.1, -0.05) is 12.1 Å². The molecule has 3 amide bonds. The van der Waals surface area contributed by atoms with Gasteiger partial charge in [0.05, 0.1) is 18.2 Å². The number of carbonyl (C=O) groups is 3. The third kappa shape index (κ3) is 6.33. The third-order valence-electron chi connectivity index (χ3n) is 6.26. The number of carbonyl (C=O) groups excluding carboxylic acids is 3. The number of fused-ring (bicyclic) bond motifs is 1. The molecule has 11 nitrogen and oxygen atoms in total. The van der Waals surface area contributed by atoms with E-state index in [0.29, 0.717) is 37.2 Å². The normalized spacial score (nSPS) is 21.4. The number of alkyl carbamates (subject to hydrolysis) is 1. The Morgan fingerprint density at radius 2 is 2.06 bits per heavy atom. The molecule has 2 fully saturated rings. The Kier molecular flexibility index (Phi) is 7.79. The van der Waals surface area contributed by atoms with Gasteiger partial charge in [-0.05, 0) is 58.2 Å². The number of amides is 3. The van der Waals surface area contributed by atoms with Crippen molar-refractivity contribution in [2.45, 2.75) is 64.2 Å². The molecule has 0 saturated carbocycles. The zero-order valence-electron chi connectivity index (χ0n) is 21.0. The fraction of sp³-hybridized carbons (Fsp3) is 0.600. The second-order valence-electron chi connectivity index (χ2n) is 10.3. The molecule has 4 rings (SSSR count). The van der Waals surface area contributed by atoms with E-state index in [1.165, 1.54) is 4.57 Å². The number of nitrogens with one attached hydrogen (secondary N) is 2. The smallest absolute Gasteiger partial charge is 0.420 e. The molecule has 2 atom stereocenters. The van der Waals surface area contributed by atoms with Gasteiger partial charge in [0, 0.05) is 26.1 Å². The van der Waals surface area contributed by atoms with E-state index >= 15 is 0 Å². The summed E-state index contributed by atoms with van der Waals surface area (Å²) in [5.41, 5.74) is 1.39. The van der Waals surface area contributed by atoms with E-state index in [2.05, 4.69) is 15.5 Å². The van der Waals surface area contributed by atoms with Crippen molar-refractivity contribution in [1.82, 2.24) is 20.1 Å². The molecule has 11 heteroatoms. The fourth-order valence-electron chi connectivity index (χ4n) is 4.65. The predicted molar refractivity (Wildman–Crippen MR) is 131 cm³/mol. The summed E-state index contributed by atoms with van der Waals surface area (Å²) in [5.74, 6) is -1.41. The molecular weight excluding hydrogens is 468 g/mol. The molecule has 1 aromatic heterocycles. The zero-order valence-corrected chi connectivity index (χ0v) is 21.0. The van der Waals surface area contributed by atoms with E-state index in [4.69, 9.17) is 13.9 Å². The lowest BCUT2D eigenvalue weighted by atomic mass is 10.0. The summed E-state index contributed by atoms with van der Waals surface area (Å²) in [6.45, 7) is 8.74. The quantitative estimate of drug-likeness (QED) is 0.547. The van der Waals surface area contributed by atoms with Crippen LogP contribution in [0.1, 0.15) is 51.6 Å². The zero-order chi connectivity index (χ0) is 25.9. The van der Waals surface area contributed by atoms with Crippen molar-refractivity contribution in [2.75, 3.05) is 32.8 Å². The highest BCUT2D eigenvalue weighted by Gasteiger charge is 2.31. The highest BCUT2D eigenvalue weighted by atomic mass is 16.6. The van der Waals surface area contributed by atoms with Crippen LogP contribution in [0.3, 0.4) is 0 Å². The summed E-state index contributed by atoms with van der Waals surface area (Å²) < 4.78 is 18.0. The van der Waals surface area contributed by atoms with Gasteiger partial charge in [-0.2, -0.15) is 0 Å². The Bertz CT molecular complexity index is 1180. The van der Waals surface area contributed by atoms with E-state index < -0.39 is 29.4 Å². The summed E-state index contributed by atoms with van der Waals surface area (Å²) in [6.07, 6.45) is 1.40. The number of aryl methyl sites for hydroxylation is 1. The summed E-state index contributed by atoms with van der Waals surface area (Å²) in [4.78, 5) is 50.6. The van der Waals surface area contributed by atoms with Crippen molar-refractivity contribution < 1.29 is 28.3 Å². The number of oxazole rings is 1. The Hall–Kier alpha value is -3.18. The standard InChI is InChI=1S/C25H34N4O7/c1-25(2,3)36-23(32)26-14-17-15-28(12-13-34-17)11-5-7-16-6-4-8-18-21(16)35-24(33)29(18)19-9-10-20(30)27-22(19)31/h4,6,8,17,19H,5,7,9-15H2,1-3H3,(H,26,32)(H,27,30,31)/t17-,19?/m0/s1. The van der Waals surface area contributed by atoms with Gasteiger partial charge in [0.25, 0.3) is 0 Å². The van der Waals surface area contributed by atoms with Crippen LogP contribution in [0.15, 0.2) is 27.4 Å². The van der Waals surface area contributed by atoms with E-state index in [1.54, 1.807) is 6.07 Å². The van der Waals surface area contributed by atoms with E-state index in [9.17, 15) is 19.2 Å². The second-order valence-corrected chi connectivity index (χ2v) is 10.3. The number of morpholine rings is 1. The first-order valence-corrected chi connectivity index (χ1v) is 12.4. The van der Waals surface area contributed by atoms with Crippen molar-refractivity contribution in [3.8, 4) is 0 Å². The molecule has 2 N–H and O–H groups in total. The third-order valence-corrected chi connectivity index (χ3v) is 6.26. The average Bonchev–Trinajstić information content (AvgIpc) is 3.13. The number of hydrogen-bond donors (Lipinski definition) is 2. The molecule has 2 aromatic rings. The molecule has 0 radical (unpaired) electrons. The summed E-state index contributed by atoms with van der Waals surface area (Å²) >= 11 is 0. The largest absolute Gasteiger partial charge is 0.444 e. The Morgan fingerprint density at radius 3 is 2.81 bits per heavy atom. The van der Waals surface area contributed by atoms with Crippen LogP contribution in [0.5, 0.6) is 0 Å². The number of piperidine rings is 1. The number of imide groups is 1. The van der Waals surface area contributed by atoms with Gasteiger partial charge in [-0.15, -0.1) is 0 Å². The molecule has 2 saturated heterocycles. The van der Waals surface area contributed by atoms with Gasteiger partial charge in [0.15, 0.2) is 5.58 Å².